The van der Waals surface area contributed by atoms with Gasteiger partial charge in [0.05, 0.1) is 17.1 Å². The Hall–Kier alpha value is -1.66. The van der Waals surface area contributed by atoms with Gasteiger partial charge in [-0.3, -0.25) is 14.5 Å². The van der Waals surface area contributed by atoms with E-state index in [0.717, 1.165) is 25.9 Å². The van der Waals surface area contributed by atoms with E-state index in [-0.39, 0.29) is 22.4 Å². The molecule has 1 aromatic carbocycles. The van der Waals surface area contributed by atoms with Gasteiger partial charge in [0.2, 0.25) is 5.91 Å². The smallest absolute Gasteiger partial charge is 0.258 e. The Labute approximate surface area is 158 Å². The van der Waals surface area contributed by atoms with Crippen molar-refractivity contribution >= 4 is 23.4 Å². The molecule has 0 aliphatic carbocycles. The molecule has 0 bridgehead atoms. The van der Waals surface area contributed by atoms with Gasteiger partial charge in [0, 0.05) is 39.3 Å². The number of hydrogen-bond acceptors (Lipinski definition) is 3. The molecule has 2 amide bonds. The Morgan fingerprint density at radius 3 is 2.19 bits per heavy atom. The predicted molar refractivity (Wildman–Crippen MR) is 98.8 cm³/mol. The zero-order valence-electron chi connectivity index (χ0n) is 14.9. The van der Waals surface area contributed by atoms with Crippen molar-refractivity contribution in [2.24, 2.45) is 0 Å². The van der Waals surface area contributed by atoms with E-state index in [1.54, 1.807) is 4.90 Å². The number of amides is 2. The molecule has 0 radical (unpaired) electrons. The fourth-order valence-corrected chi connectivity index (χ4v) is 3.82. The lowest BCUT2D eigenvalue weighted by atomic mass is 10.1. The van der Waals surface area contributed by atoms with Gasteiger partial charge in [-0.15, -0.1) is 0 Å². The molecule has 26 heavy (non-hydrogen) atoms. The molecule has 0 aromatic heterocycles. The zero-order valence-corrected chi connectivity index (χ0v) is 15.7. The van der Waals surface area contributed by atoms with Crippen molar-refractivity contribution in [1.82, 2.24) is 14.7 Å². The maximum Gasteiger partial charge on any atom is 0.258 e. The van der Waals surface area contributed by atoms with Crippen molar-refractivity contribution in [1.29, 1.82) is 0 Å². The first-order valence-corrected chi connectivity index (χ1v) is 9.67. The molecule has 5 nitrogen and oxygen atoms in total. The molecule has 2 fully saturated rings. The second kappa shape index (κ2) is 8.82. The Morgan fingerprint density at radius 1 is 0.923 bits per heavy atom. The highest BCUT2D eigenvalue weighted by Gasteiger charge is 2.27. The van der Waals surface area contributed by atoms with Crippen LogP contribution >= 0.6 is 11.6 Å². The van der Waals surface area contributed by atoms with Crippen LogP contribution in [0.5, 0.6) is 0 Å². The monoisotopic (exact) mass is 381 g/mol. The molecule has 0 spiro atoms. The SMILES string of the molecule is O=C(CN1CCN(C(=O)c2c(F)cccc2Cl)CC1)N1CCCCCC1. The predicted octanol–water partition coefficient (Wildman–Crippen LogP) is 2.64. The molecular formula is C19H25ClFN3O2. The number of hydrogen-bond donors (Lipinski definition) is 0. The molecule has 2 aliphatic heterocycles. The van der Waals surface area contributed by atoms with Gasteiger partial charge in [-0.25, -0.2) is 4.39 Å². The maximum absolute atomic E-state index is 14.0. The minimum absolute atomic E-state index is 0.0664. The molecule has 2 aliphatic rings. The summed E-state index contributed by atoms with van der Waals surface area (Å²) in [7, 11) is 0. The zero-order chi connectivity index (χ0) is 18.5. The number of nitrogens with zero attached hydrogens (tertiary/aromatic N) is 3. The van der Waals surface area contributed by atoms with Crippen LogP contribution in [0.25, 0.3) is 0 Å². The maximum atomic E-state index is 14.0. The van der Waals surface area contributed by atoms with Gasteiger partial charge in [-0.05, 0) is 25.0 Å². The van der Waals surface area contributed by atoms with E-state index in [4.69, 9.17) is 11.6 Å². The summed E-state index contributed by atoms with van der Waals surface area (Å²) in [5, 5.41) is 0.133. The molecule has 1 aromatic rings. The Balaban J connectivity index is 1.52. The first kappa shape index (κ1) is 19.1. The summed E-state index contributed by atoms with van der Waals surface area (Å²) >= 11 is 5.99. The molecular weight excluding hydrogens is 357 g/mol. The molecule has 2 saturated heterocycles. The largest absolute Gasteiger partial charge is 0.342 e. The lowest BCUT2D eigenvalue weighted by molar-refractivity contribution is -0.132. The minimum Gasteiger partial charge on any atom is -0.342 e. The fraction of sp³-hybridized carbons (Fsp3) is 0.579. The van der Waals surface area contributed by atoms with Crippen LogP contribution in [0.4, 0.5) is 4.39 Å². The van der Waals surface area contributed by atoms with Crippen LogP contribution in [0, 0.1) is 5.82 Å². The molecule has 142 valence electrons. The summed E-state index contributed by atoms with van der Waals surface area (Å²) in [5.74, 6) is -0.809. The van der Waals surface area contributed by atoms with Crippen LogP contribution in [0.3, 0.4) is 0 Å². The Kier molecular flexibility index (Phi) is 6.48. The van der Waals surface area contributed by atoms with Crippen molar-refractivity contribution in [3.63, 3.8) is 0 Å². The number of piperazine rings is 1. The lowest BCUT2D eigenvalue weighted by Crippen LogP contribution is -2.51. The average molecular weight is 382 g/mol. The first-order valence-electron chi connectivity index (χ1n) is 9.29. The molecule has 0 atom stereocenters. The lowest BCUT2D eigenvalue weighted by Gasteiger charge is -2.35. The van der Waals surface area contributed by atoms with Gasteiger partial charge in [-0.2, -0.15) is 0 Å². The summed E-state index contributed by atoms with van der Waals surface area (Å²) in [5.41, 5.74) is -0.0664. The Morgan fingerprint density at radius 2 is 1.58 bits per heavy atom. The van der Waals surface area contributed by atoms with Crippen molar-refractivity contribution in [2.45, 2.75) is 25.7 Å². The summed E-state index contributed by atoms with van der Waals surface area (Å²) in [6.07, 6.45) is 4.56. The molecule has 0 N–H and O–H groups in total. The van der Waals surface area contributed by atoms with Crippen LogP contribution in [-0.2, 0) is 4.79 Å². The molecule has 2 heterocycles. The average Bonchev–Trinajstić information content (AvgIpc) is 2.91. The van der Waals surface area contributed by atoms with Crippen molar-refractivity contribution < 1.29 is 14.0 Å². The van der Waals surface area contributed by atoms with Crippen LogP contribution < -0.4 is 0 Å². The van der Waals surface area contributed by atoms with Crippen LogP contribution in [0.2, 0.25) is 5.02 Å². The van der Waals surface area contributed by atoms with Gasteiger partial charge in [-0.1, -0.05) is 30.5 Å². The van der Waals surface area contributed by atoms with Gasteiger partial charge in [0.25, 0.3) is 5.91 Å². The van der Waals surface area contributed by atoms with Gasteiger partial charge >= 0.3 is 0 Å². The summed E-state index contributed by atoms with van der Waals surface area (Å²) in [6.45, 7) is 4.25. The minimum atomic E-state index is -0.596. The highest BCUT2D eigenvalue weighted by atomic mass is 35.5. The number of carbonyl (C=O) groups excluding carboxylic acids is 2. The van der Waals surface area contributed by atoms with Crippen molar-refractivity contribution in [2.75, 3.05) is 45.8 Å². The van der Waals surface area contributed by atoms with Crippen LogP contribution in [-0.4, -0.2) is 72.3 Å². The number of carbonyl (C=O) groups is 2. The highest BCUT2D eigenvalue weighted by Crippen LogP contribution is 2.21. The summed E-state index contributed by atoms with van der Waals surface area (Å²) < 4.78 is 14.0. The molecule has 0 saturated carbocycles. The van der Waals surface area contributed by atoms with Gasteiger partial charge in [0.1, 0.15) is 5.82 Å². The van der Waals surface area contributed by atoms with Crippen LogP contribution in [0.1, 0.15) is 36.0 Å². The number of halogens is 2. The molecule has 7 heteroatoms. The normalized spacial score (nSPS) is 19.3. The second-order valence-corrected chi connectivity index (χ2v) is 7.37. The van der Waals surface area contributed by atoms with Crippen molar-refractivity contribution in [3.8, 4) is 0 Å². The number of benzene rings is 1. The summed E-state index contributed by atoms with van der Waals surface area (Å²) in [4.78, 5) is 30.7. The van der Waals surface area contributed by atoms with Gasteiger partial charge in [0.15, 0.2) is 0 Å². The fourth-order valence-electron chi connectivity index (χ4n) is 3.58. The number of likely N-dealkylation sites (tertiary alicyclic amines) is 1. The van der Waals surface area contributed by atoms with E-state index in [1.807, 2.05) is 4.90 Å². The van der Waals surface area contributed by atoms with E-state index in [9.17, 15) is 14.0 Å². The highest BCUT2D eigenvalue weighted by molar-refractivity contribution is 6.33. The quantitative estimate of drug-likeness (QED) is 0.808. The topological polar surface area (TPSA) is 43.9 Å². The number of rotatable bonds is 3. The summed E-state index contributed by atoms with van der Waals surface area (Å²) in [6, 6.07) is 4.25. The first-order chi connectivity index (χ1) is 12.6. The molecule has 3 rings (SSSR count). The standard InChI is InChI=1S/C19H25ClFN3O2/c20-15-6-5-7-16(21)18(15)19(26)24-12-10-22(11-13-24)14-17(25)23-8-3-1-2-4-9-23/h5-7H,1-4,8-14H2. The Bertz CT molecular complexity index is 634. The molecule has 0 unspecified atom stereocenters. The van der Waals surface area contributed by atoms with E-state index in [2.05, 4.69) is 4.90 Å². The van der Waals surface area contributed by atoms with E-state index >= 15 is 0 Å². The van der Waals surface area contributed by atoms with Crippen molar-refractivity contribution in [3.05, 3.63) is 34.6 Å². The van der Waals surface area contributed by atoms with E-state index in [1.165, 1.54) is 31.0 Å². The third kappa shape index (κ3) is 4.54. The van der Waals surface area contributed by atoms with Crippen LogP contribution in [0.15, 0.2) is 18.2 Å². The third-order valence-corrected chi connectivity index (χ3v) is 5.47. The third-order valence-electron chi connectivity index (χ3n) is 5.15. The second-order valence-electron chi connectivity index (χ2n) is 6.96. The van der Waals surface area contributed by atoms with Gasteiger partial charge < -0.3 is 9.80 Å². The van der Waals surface area contributed by atoms with E-state index < -0.39 is 5.82 Å². The van der Waals surface area contributed by atoms with E-state index in [0.29, 0.717) is 32.7 Å².